The lowest BCUT2D eigenvalue weighted by molar-refractivity contribution is -0.137. The summed E-state index contributed by atoms with van der Waals surface area (Å²) in [5.74, 6) is -1.14. The van der Waals surface area contributed by atoms with E-state index in [1.54, 1.807) is 12.1 Å². The summed E-state index contributed by atoms with van der Waals surface area (Å²) in [5.41, 5.74) is -0.552. The molecule has 3 rings (SSSR count). The molecule has 0 fully saturated rings. The number of carbonyl (C=O) groups is 1. The molecule has 0 atom stereocenters. The molecule has 1 N–H and O–H groups in total. The average Bonchev–Trinajstić information content (AvgIpc) is 2.67. The molecule has 0 unspecified atom stereocenters. The van der Waals surface area contributed by atoms with Gasteiger partial charge < -0.3 is 10.1 Å². The van der Waals surface area contributed by atoms with E-state index in [2.05, 4.69) is 15.3 Å². The molecule has 0 spiro atoms. The van der Waals surface area contributed by atoms with E-state index < -0.39 is 23.5 Å². The standard InChI is InChI=1S/C19H13F4N3O2/c1-28-15-3-2-8-24-17(15)13-6-4-11(9-14(13)20)18(27)26-16-7-5-12(10-25-16)19(21,22)23/h2-10H,1H3,(H,25,26,27). The van der Waals surface area contributed by atoms with Gasteiger partial charge in [-0.25, -0.2) is 9.37 Å². The van der Waals surface area contributed by atoms with Gasteiger partial charge in [-0.2, -0.15) is 13.2 Å². The van der Waals surface area contributed by atoms with Crippen LogP contribution in [0.5, 0.6) is 5.75 Å². The maximum absolute atomic E-state index is 14.5. The topological polar surface area (TPSA) is 64.1 Å². The Labute approximate surface area is 157 Å². The number of nitrogens with zero attached hydrogens (tertiary/aromatic N) is 2. The molecular formula is C19H13F4N3O2. The second-order valence-electron chi connectivity index (χ2n) is 5.63. The van der Waals surface area contributed by atoms with Gasteiger partial charge in [0.25, 0.3) is 5.91 Å². The number of ether oxygens (including phenoxy) is 1. The fourth-order valence-electron chi connectivity index (χ4n) is 2.43. The molecule has 5 nitrogen and oxygen atoms in total. The van der Waals surface area contributed by atoms with Crippen LogP contribution in [0.25, 0.3) is 11.3 Å². The number of amides is 1. The van der Waals surface area contributed by atoms with Crippen LogP contribution in [-0.4, -0.2) is 23.0 Å². The quantitative estimate of drug-likeness (QED) is 0.662. The summed E-state index contributed by atoms with van der Waals surface area (Å²) >= 11 is 0. The lowest BCUT2D eigenvalue weighted by atomic mass is 10.1. The minimum absolute atomic E-state index is 0.0298. The number of aromatic nitrogens is 2. The predicted octanol–water partition coefficient (Wildman–Crippen LogP) is 4.56. The molecule has 144 valence electrons. The maximum Gasteiger partial charge on any atom is 0.417 e. The normalized spacial score (nSPS) is 11.2. The van der Waals surface area contributed by atoms with E-state index in [-0.39, 0.29) is 22.6 Å². The summed E-state index contributed by atoms with van der Waals surface area (Å²) in [6, 6.07) is 8.81. The zero-order valence-corrected chi connectivity index (χ0v) is 14.4. The average molecular weight is 391 g/mol. The smallest absolute Gasteiger partial charge is 0.417 e. The highest BCUT2D eigenvalue weighted by Gasteiger charge is 2.30. The van der Waals surface area contributed by atoms with Gasteiger partial charge in [0, 0.05) is 23.5 Å². The molecule has 0 aliphatic rings. The molecule has 0 bridgehead atoms. The third-order valence-electron chi connectivity index (χ3n) is 3.81. The largest absolute Gasteiger partial charge is 0.494 e. The third kappa shape index (κ3) is 4.08. The van der Waals surface area contributed by atoms with Crippen LogP contribution >= 0.6 is 0 Å². The van der Waals surface area contributed by atoms with E-state index >= 15 is 0 Å². The van der Waals surface area contributed by atoms with Crippen molar-refractivity contribution in [2.45, 2.75) is 6.18 Å². The second-order valence-corrected chi connectivity index (χ2v) is 5.63. The van der Waals surface area contributed by atoms with Crippen LogP contribution in [0.15, 0.2) is 54.9 Å². The van der Waals surface area contributed by atoms with Crippen LogP contribution in [0.2, 0.25) is 0 Å². The number of anilines is 1. The van der Waals surface area contributed by atoms with Crippen molar-refractivity contribution >= 4 is 11.7 Å². The first-order valence-electron chi connectivity index (χ1n) is 7.93. The van der Waals surface area contributed by atoms with Crippen molar-refractivity contribution in [2.24, 2.45) is 0 Å². The number of halogens is 4. The number of alkyl halides is 3. The van der Waals surface area contributed by atoms with Crippen LogP contribution < -0.4 is 10.1 Å². The maximum atomic E-state index is 14.5. The van der Waals surface area contributed by atoms with Crippen molar-refractivity contribution in [3.8, 4) is 17.0 Å². The second kappa shape index (κ2) is 7.63. The van der Waals surface area contributed by atoms with Gasteiger partial charge >= 0.3 is 6.18 Å². The molecule has 2 aromatic heterocycles. The lowest BCUT2D eigenvalue weighted by Crippen LogP contribution is -2.14. The third-order valence-corrected chi connectivity index (χ3v) is 3.81. The van der Waals surface area contributed by atoms with Crippen LogP contribution in [-0.2, 0) is 6.18 Å². The number of carbonyl (C=O) groups excluding carboxylic acids is 1. The van der Waals surface area contributed by atoms with Gasteiger partial charge in [0.05, 0.1) is 12.7 Å². The monoisotopic (exact) mass is 391 g/mol. The van der Waals surface area contributed by atoms with Gasteiger partial charge in [-0.15, -0.1) is 0 Å². The van der Waals surface area contributed by atoms with Crippen molar-refractivity contribution in [2.75, 3.05) is 12.4 Å². The number of methoxy groups -OCH3 is 1. The first-order chi connectivity index (χ1) is 13.3. The molecule has 1 amide bonds. The summed E-state index contributed by atoms with van der Waals surface area (Å²) < 4.78 is 57.3. The van der Waals surface area contributed by atoms with Crippen LogP contribution in [0.3, 0.4) is 0 Å². The minimum Gasteiger partial charge on any atom is -0.494 e. The molecule has 0 radical (unpaired) electrons. The summed E-state index contributed by atoms with van der Waals surface area (Å²) in [6.45, 7) is 0. The molecule has 0 aliphatic carbocycles. The highest BCUT2D eigenvalue weighted by atomic mass is 19.4. The fourth-order valence-corrected chi connectivity index (χ4v) is 2.43. The van der Waals surface area contributed by atoms with Crippen LogP contribution in [0.1, 0.15) is 15.9 Å². The first-order valence-corrected chi connectivity index (χ1v) is 7.93. The molecular weight excluding hydrogens is 378 g/mol. The number of pyridine rings is 2. The van der Waals surface area contributed by atoms with Crippen LogP contribution in [0, 0.1) is 5.82 Å². The molecule has 0 saturated carbocycles. The molecule has 9 heteroatoms. The van der Waals surface area contributed by atoms with Crippen LogP contribution in [0.4, 0.5) is 23.4 Å². The highest BCUT2D eigenvalue weighted by molar-refractivity contribution is 6.04. The van der Waals surface area contributed by atoms with Crippen molar-refractivity contribution in [1.29, 1.82) is 0 Å². The van der Waals surface area contributed by atoms with E-state index in [1.807, 2.05) is 0 Å². The van der Waals surface area contributed by atoms with Crippen molar-refractivity contribution in [1.82, 2.24) is 9.97 Å². The summed E-state index contributed by atoms with van der Waals surface area (Å²) in [7, 11) is 1.43. The van der Waals surface area contributed by atoms with E-state index in [4.69, 9.17) is 4.74 Å². The molecule has 0 saturated heterocycles. The van der Waals surface area contributed by atoms with Crippen molar-refractivity contribution < 1.29 is 27.1 Å². The summed E-state index contributed by atoms with van der Waals surface area (Å²) in [5, 5.41) is 2.32. The Balaban J connectivity index is 1.81. The Hall–Kier alpha value is -3.49. The Kier molecular flexibility index (Phi) is 5.25. The van der Waals surface area contributed by atoms with E-state index in [0.717, 1.165) is 18.2 Å². The number of benzene rings is 1. The number of hydrogen-bond acceptors (Lipinski definition) is 4. The Morgan fingerprint density at radius 2 is 1.89 bits per heavy atom. The summed E-state index contributed by atoms with van der Waals surface area (Å²) in [6.07, 6.45) is -2.44. The zero-order chi connectivity index (χ0) is 20.3. The van der Waals surface area contributed by atoms with Crippen molar-refractivity contribution in [3.63, 3.8) is 0 Å². The SMILES string of the molecule is COc1cccnc1-c1ccc(C(=O)Nc2ccc(C(F)(F)F)cn2)cc1F. The van der Waals surface area contributed by atoms with Gasteiger partial charge in [-0.05, 0) is 42.5 Å². The Bertz CT molecular complexity index is 1000. The predicted molar refractivity (Wildman–Crippen MR) is 93.4 cm³/mol. The molecule has 0 aliphatic heterocycles. The van der Waals surface area contributed by atoms with E-state index in [1.165, 1.54) is 25.4 Å². The van der Waals surface area contributed by atoms with Gasteiger partial charge in [0.15, 0.2) is 0 Å². The fraction of sp³-hybridized carbons (Fsp3) is 0.105. The first kappa shape index (κ1) is 19.3. The summed E-state index contributed by atoms with van der Waals surface area (Å²) in [4.78, 5) is 19.9. The lowest BCUT2D eigenvalue weighted by Gasteiger charge is -2.10. The number of nitrogens with one attached hydrogen (secondary N) is 1. The Morgan fingerprint density at radius 3 is 2.50 bits per heavy atom. The van der Waals surface area contributed by atoms with E-state index in [9.17, 15) is 22.4 Å². The highest BCUT2D eigenvalue weighted by Crippen LogP contribution is 2.30. The molecule has 1 aromatic carbocycles. The minimum atomic E-state index is -4.53. The number of rotatable bonds is 4. The van der Waals surface area contributed by atoms with Crippen molar-refractivity contribution in [3.05, 3.63) is 71.8 Å². The van der Waals surface area contributed by atoms with Gasteiger partial charge in [-0.1, -0.05) is 0 Å². The molecule has 3 aromatic rings. The van der Waals surface area contributed by atoms with E-state index in [0.29, 0.717) is 11.9 Å². The molecule has 2 heterocycles. The zero-order valence-electron chi connectivity index (χ0n) is 14.4. The number of hydrogen-bond donors (Lipinski definition) is 1. The Morgan fingerprint density at radius 1 is 1.11 bits per heavy atom. The van der Waals surface area contributed by atoms with Gasteiger partial charge in [0.2, 0.25) is 0 Å². The van der Waals surface area contributed by atoms with Gasteiger partial charge in [0.1, 0.15) is 23.1 Å². The van der Waals surface area contributed by atoms with Gasteiger partial charge in [-0.3, -0.25) is 9.78 Å². The molecule has 28 heavy (non-hydrogen) atoms.